The van der Waals surface area contributed by atoms with Crippen LogP contribution in [0.1, 0.15) is 15.9 Å². The van der Waals surface area contributed by atoms with E-state index in [0.29, 0.717) is 12.1 Å². The molecule has 2 N–H and O–H groups in total. The second kappa shape index (κ2) is 8.31. The van der Waals surface area contributed by atoms with Crippen LogP contribution >= 0.6 is 0 Å². The third-order valence-electron chi connectivity index (χ3n) is 4.13. The lowest BCUT2D eigenvalue weighted by atomic mass is 10.1. The number of ether oxygens (including phenoxy) is 1. The van der Waals surface area contributed by atoms with Gasteiger partial charge in [0.05, 0.1) is 31.9 Å². The summed E-state index contributed by atoms with van der Waals surface area (Å²) in [5.41, 5.74) is 3.41. The Kier molecular flexibility index (Phi) is 5.66. The van der Waals surface area contributed by atoms with Gasteiger partial charge < -0.3 is 19.7 Å². The first-order chi connectivity index (χ1) is 12.7. The quantitative estimate of drug-likeness (QED) is 0.686. The van der Waals surface area contributed by atoms with E-state index in [0.717, 1.165) is 22.6 Å². The van der Waals surface area contributed by atoms with Gasteiger partial charge in [-0.15, -0.1) is 0 Å². The van der Waals surface area contributed by atoms with Crippen molar-refractivity contribution in [3.05, 3.63) is 72.2 Å². The van der Waals surface area contributed by atoms with Crippen LogP contribution < -0.4 is 4.74 Å². The molecule has 134 valence electrons. The molecule has 26 heavy (non-hydrogen) atoms. The zero-order chi connectivity index (χ0) is 18.4. The highest BCUT2D eigenvalue weighted by Gasteiger charge is 2.16. The van der Waals surface area contributed by atoms with Crippen LogP contribution in [0, 0.1) is 0 Å². The summed E-state index contributed by atoms with van der Waals surface area (Å²) in [5, 5.41) is 9.34. The van der Waals surface area contributed by atoms with Gasteiger partial charge in [0.15, 0.2) is 0 Å². The lowest BCUT2D eigenvalue weighted by molar-refractivity contribution is 0.0708. The minimum absolute atomic E-state index is 0.0892. The number of benzene rings is 2. The molecule has 1 amide bonds. The Bertz CT molecular complexity index is 828. The average molecular weight is 351 g/mol. The molecule has 1 aromatic heterocycles. The second-order valence-electron chi connectivity index (χ2n) is 5.84. The van der Waals surface area contributed by atoms with Gasteiger partial charge >= 0.3 is 0 Å². The number of aliphatic hydroxyl groups excluding tert-OH is 1. The molecule has 0 aliphatic rings. The third-order valence-corrected chi connectivity index (χ3v) is 4.13. The van der Waals surface area contributed by atoms with Crippen molar-refractivity contribution in [2.45, 2.75) is 6.54 Å². The van der Waals surface area contributed by atoms with Gasteiger partial charge in [0, 0.05) is 18.7 Å². The lowest BCUT2D eigenvalue weighted by Crippen LogP contribution is -2.33. The fourth-order valence-corrected chi connectivity index (χ4v) is 2.71. The first-order valence-corrected chi connectivity index (χ1v) is 8.33. The van der Waals surface area contributed by atoms with Crippen molar-refractivity contribution >= 4 is 5.91 Å². The fourth-order valence-electron chi connectivity index (χ4n) is 2.71. The topological polar surface area (TPSA) is 78.5 Å². The maximum absolute atomic E-state index is 12.8. The number of aromatic amines is 1. The van der Waals surface area contributed by atoms with Crippen LogP contribution in [0.4, 0.5) is 0 Å². The van der Waals surface area contributed by atoms with E-state index >= 15 is 0 Å². The lowest BCUT2D eigenvalue weighted by Gasteiger charge is -2.22. The molecule has 6 heteroatoms. The largest absolute Gasteiger partial charge is 0.497 e. The zero-order valence-corrected chi connectivity index (χ0v) is 14.6. The molecule has 0 fully saturated rings. The summed E-state index contributed by atoms with van der Waals surface area (Å²) >= 11 is 0. The van der Waals surface area contributed by atoms with E-state index in [-0.39, 0.29) is 19.1 Å². The predicted molar refractivity (Wildman–Crippen MR) is 98.8 cm³/mol. The summed E-state index contributed by atoms with van der Waals surface area (Å²) in [6.07, 6.45) is 3.35. The number of imidazole rings is 1. The van der Waals surface area contributed by atoms with Gasteiger partial charge in [0.25, 0.3) is 5.91 Å². The van der Waals surface area contributed by atoms with Crippen molar-refractivity contribution in [1.29, 1.82) is 0 Å². The van der Waals surface area contributed by atoms with Crippen molar-refractivity contribution in [2.75, 3.05) is 20.3 Å². The fraction of sp³-hybridized carbons (Fsp3) is 0.200. The molecule has 3 rings (SSSR count). The molecule has 0 radical (unpaired) electrons. The highest BCUT2D eigenvalue weighted by atomic mass is 16.5. The Balaban J connectivity index is 1.75. The van der Waals surface area contributed by atoms with Gasteiger partial charge in [-0.2, -0.15) is 0 Å². The Morgan fingerprint density at radius 1 is 1.15 bits per heavy atom. The smallest absolute Gasteiger partial charge is 0.254 e. The molecule has 0 spiro atoms. The normalized spacial score (nSPS) is 10.5. The number of rotatable bonds is 7. The predicted octanol–water partition coefficient (Wildman–Crippen LogP) is 2.72. The third kappa shape index (κ3) is 4.10. The molecule has 6 nitrogen and oxygen atoms in total. The summed E-state index contributed by atoms with van der Waals surface area (Å²) in [6, 6.07) is 14.9. The number of nitrogens with one attached hydrogen (secondary N) is 1. The highest BCUT2D eigenvalue weighted by Crippen LogP contribution is 2.19. The van der Waals surface area contributed by atoms with E-state index < -0.39 is 0 Å². The number of nitrogens with zero attached hydrogens (tertiary/aromatic N) is 2. The van der Waals surface area contributed by atoms with Crippen LogP contribution in [-0.2, 0) is 6.54 Å². The van der Waals surface area contributed by atoms with E-state index in [1.165, 1.54) is 0 Å². The minimum atomic E-state index is -0.119. The summed E-state index contributed by atoms with van der Waals surface area (Å²) in [6.45, 7) is 0.604. The molecule has 1 heterocycles. The second-order valence-corrected chi connectivity index (χ2v) is 5.84. The van der Waals surface area contributed by atoms with Crippen LogP contribution in [0.25, 0.3) is 11.3 Å². The number of hydrogen-bond donors (Lipinski definition) is 2. The van der Waals surface area contributed by atoms with Crippen LogP contribution in [-0.4, -0.2) is 46.1 Å². The first-order valence-electron chi connectivity index (χ1n) is 8.33. The van der Waals surface area contributed by atoms with Gasteiger partial charge in [-0.05, 0) is 35.4 Å². The molecule has 2 aromatic carbocycles. The molecule has 0 bridgehead atoms. The maximum atomic E-state index is 12.8. The van der Waals surface area contributed by atoms with Gasteiger partial charge in [-0.25, -0.2) is 4.98 Å². The number of hydrogen-bond acceptors (Lipinski definition) is 4. The summed E-state index contributed by atoms with van der Waals surface area (Å²) in [4.78, 5) is 21.5. The van der Waals surface area contributed by atoms with Crippen LogP contribution in [0.15, 0.2) is 61.1 Å². The molecular formula is C20H21N3O3. The van der Waals surface area contributed by atoms with Crippen molar-refractivity contribution < 1.29 is 14.6 Å². The first kappa shape index (κ1) is 17.7. The van der Waals surface area contributed by atoms with Crippen molar-refractivity contribution in [3.63, 3.8) is 0 Å². The molecule has 3 aromatic rings. The van der Waals surface area contributed by atoms with E-state index in [9.17, 15) is 9.90 Å². The Hall–Kier alpha value is -3.12. The van der Waals surface area contributed by atoms with Crippen molar-refractivity contribution in [1.82, 2.24) is 14.9 Å². The van der Waals surface area contributed by atoms with Crippen LogP contribution in [0.5, 0.6) is 5.75 Å². The molecular weight excluding hydrogens is 330 g/mol. The number of carbonyl (C=O) groups is 1. The number of aromatic nitrogens is 2. The van der Waals surface area contributed by atoms with E-state index in [4.69, 9.17) is 4.74 Å². The van der Waals surface area contributed by atoms with Gasteiger partial charge in [0.2, 0.25) is 0 Å². The molecule has 0 atom stereocenters. The Morgan fingerprint density at radius 2 is 1.88 bits per heavy atom. The van der Waals surface area contributed by atoms with E-state index in [1.807, 2.05) is 36.4 Å². The van der Waals surface area contributed by atoms with Crippen LogP contribution in [0.3, 0.4) is 0 Å². The van der Waals surface area contributed by atoms with Crippen LogP contribution in [0.2, 0.25) is 0 Å². The standard InChI is InChI=1S/C20H21N3O3/c1-26-18-8-2-15(3-9-18)13-23(10-11-24)20(25)17-6-4-16(5-7-17)19-12-21-14-22-19/h2-9,12,14,24H,10-11,13H2,1H3,(H,21,22). The van der Waals surface area contributed by atoms with Gasteiger partial charge in [-0.3, -0.25) is 4.79 Å². The highest BCUT2D eigenvalue weighted by molar-refractivity contribution is 5.94. The van der Waals surface area contributed by atoms with E-state index in [2.05, 4.69) is 9.97 Å². The SMILES string of the molecule is COc1ccc(CN(CCO)C(=O)c2ccc(-c3cnc[nH]3)cc2)cc1. The summed E-state index contributed by atoms with van der Waals surface area (Å²) < 4.78 is 5.15. The Labute approximate surface area is 152 Å². The molecule has 0 saturated heterocycles. The minimum Gasteiger partial charge on any atom is -0.497 e. The maximum Gasteiger partial charge on any atom is 0.254 e. The monoisotopic (exact) mass is 351 g/mol. The van der Waals surface area contributed by atoms with Gasteiger partial charge in [-0.1, -0.05) is 24.3 Å². The summed E-state index contributed by atoms with van der Waals surface area (Å²) in [5.74, 6) is 0.647. The van der Waals surface area contributed by atoms with Crippen molar-refractivity contribution in [3.8, 4) is 17.0 Å². The molecule has 0 unspecified atom stereocenters. The van der Waals surface area contributed by atoms with Gasteiger partial charge in [0.1, 0.15) is 5.75 Å². The summed E-state index contributed by atoms with van der Waals surface area (Å²) in [7, 11) is 1.61. The molecule has 0 aliphatic heterocycles. The number of methoxy groups -OCH3 is 1. The zero-order valence-electron chi connectivity index (χ0n) is 14.6. The average Bonchev–Trinajstić information content (AvgIpc) is 3.22. The molecule has 0 aliphatic carbocycles. The van der Waals surface area contributed by atoms with E-state index in [1.54, 1.807) is 36.7 Å². The van der Waals surface area contributed by atoms with Crippen molar-refractivity contribution in [2.24, 2.45) is 0 Å². The Morgan fingerprint density at radius 3 is 2.46 bits per heavy atom. The number of aliphatic hydroxyl groups is 1. The number of H-pyrrole nitrogens is 1. The number of carbonyl (C=O) groups excluding carboxylic acids is 1. The molecule has 0 saturated carbocycles. The number of amides is 1.